The van der Waals surface area contributed by atoms with Crippen LogP contribution in [0.5, 0.6) is 5.75 Å². The van der Waals surface area contributed by atoms with E-state index < -0.39 is 15.8 Å². The van der Waals surface area contributed by atoms with Crippen molar-refractivity contribution in [1.82, 2.24) is 4.90 Å². The Labute approximate surface area is 243 Å². The molecule has 0 saturated heterocycles. The normalized spacial score (nSPS) is 15.7. The highest BCUT2D eigenvalue weighted by Gasteiger charge is 2.26. The van der Waals surface area contributed by atoms with E-state index in [1.54, 1.807) is 23.1 Å². The predicted molar refractivity (Wildman–Crippen MR) is 159 cm³/mol. The lowest BCUT2D eigenvalue weighted by molar-refractivity contribution is -0.131. The summed E-state index contributed by atoms with van der Waals surface area (Å²) in [6.07, 6.45) is 6.21. The Morgan fingerprint density at radius 1 is 0.976 bits per heavy atom. The first kappa shape index (κ1) is 29.1. The Hall–Kier alpha value is -3.39. The molecule has 5 rings (SSSR count). The lowest BCUT2D eigenvalue weighted by atomic mass is 9.86. The Morgan fingerprint density at radius 3 is 2.37 bits per heavy atom. The summed E-state index contributed by atoms with van der Waals surface area (Å²) in [7, 11) is -4.04. The molecule has 0 atom stereocenters. The predicted octanol–water partition coefficient (Wildman–Crippen LogP) is 6.97. The summed E-state index contributed by atoms with van der Waals surface area (Å²) in [4.78, 5) is 14.8. The first-order chi connectivity index (χ1) is 19.5. The second-order valence-electron chi connectivity index (χ2n) is 12.3. The molecule has 1 aliphatic heterocycles. The molecule has 0 unspecified atom stereocenters. The van der Waals surface area contributed by atoms with Crippen molar-refractivity contribution in [3.8, 4) is 5.75 Å². The van der Waals surface area contributed by atoms with Crippen LogP contribution in [0.2, 0.25) is 0 Å². The fourth-order valence-corrected chi connectivity index (χ4v) is 6.76. The van der Waals surface area contributed by atoms with Crippen molar-refractivity contribution in [3.05, 3.63) is 88.7 Å². The second-order valence-corrected chi connectivity index (χ2v) is 14.0. The van der Waals surface area contributed by atoms with Gasteiger partial charge in [-0.15, -0.1) is 0 Å². The number of rotatable bonds is 9. The highest BCUT2D eigenvalue weighted by molar-refractivity contribution is 7.92. The van der Waals surface area contributed by atoms with Gasteiger partial charge in [-0.2, -0.15) is 0 Å². The van der Waals surface area contributed by atoms with Crippen molar-refractivity contribution in [2.24, 2.45) is 5.92 Å². The molecule has 1 saturated carbocycles. The first-order valence-corrected chi connectivity index (χ1v) is 15.9. The maximum atomic E-state index is 14.8. The summed E-state index contributed by atoms with van der Waals surface area (Å²) in [5.74, 6) is 0.352. The number of hydrogen-bond acceptors (Lipinski definition) is 4. The van der Waals surface area contributed by atoms with E-state index >= 15 is 0 Å². The van der Waals surface area contributed by atoms with Gasteiger partial charge in [0.25, 0.3) is 10.0 Å². The molecule has 0 radical (unpaired) electrons. The lowest BCUT2D eigenvalue weighted by Crippen LogP contribution is -2.26. The number of nitrogens with one attached hydrogen (secondary N) is 1. The van der Waals surface area contributed by atoms with Gasteiger partial charge in [0.2, 0.25) is 5.91 Å². The van der Waals surface area contributed by atoms with E-state index in [4.69, 9.17) is 4.74 Å². The molecule has 3 aromatic carbocycles. The summed E-state index contributed by atoms with van der Waals surface area (Å²) < 4.78 is 49.1. The van der Waals surface area contributed by atoms with E-state index in [1.165, 1.54) is 49.4 Å². The van der Waals surface area contributed by atoms with Crippen LogP contribution in [-0.2, 0) is 39.7 Å². The molecule has 2 aliphatic rings. The van der Waals surface area contributed by atoms with Crippen LogP contribution in [0, 0.1) is 11.7 Å². The molecular formula is C33H39FN2O4S. The number of ether oxygens (including phenoxy) is 1. The van der Waals surface area contributed by atoms with Crippen molar-refractivity contribution >= 4 is 21.6 Å². The lowest BCUT2D eigenvalue weighted by Gasteiger charge is -2.19. The van der Waals surface area contributed by atoms with Crippen molar-refractivity contribution in [1.29, 1.82) is 0 Å². The minimum absolute atomic E-state index is 0.0140. The van der Waals surface area contributed by atoms with Crippen molar-refractivity contribution < 1.29 is 22.3 Å². The third kappa shape index (κ3) is 7.10. The number of benzene rings is 3. The maximum absolute atomic E-state index is 14.8. The number of carbonyl (C=O) groups is 1. The van der Waals surface area contributed by atoms with E-state index in [2.05, 4.69) is 37.6 Å². The molecule has 1 heterocycles. The van der Waals surface area contributed by atoms with E-state index in [1.807, 2.05) is 12.1 Å². The fraction of sp³-hybridized carbons (Fsp3) is 0.424. The number of nitrogens with zero attached hydrogens (tertiary/aromatic N) is 1. The molecule has 8 heteroatoms. The van der Waals surface area contributed by atoms with Gasteiger partial charge < -0.3 is 9.64 Å². The molecule has 1 amide bonds. The minimum atomic E-state index is -4.04. The molecule has 0 bridgehead atoms. The minimum Gasteiger partial charge on any atom is -0.493 e. The van der Waals surface area contributed by atoms with Crippen LogP contribution in [0.15, 0.2) is 65.6 Å². The summed E-state index contributed by atoms with van der Waals surface area (Å²) in [6, 6.07) is 17.1. The van der Waals surface area contributed by atoms with Crippen LogP contribution < -0.4 is 9.46 Å². The summed E-state index contributed by atoms with van der Waals surface area (Å²) in [5, 5.41) is 0. The van der Waals surface area contributed by atoms with E-state index in [-0.39, 0.29) is 28.3 Å². The average molecular weight is 579 g/mol. The third-order valence-corrected chi connectivity index (χ3v) is 9.56. The van der Waals surface area contributed by atoms with Crippen LogP contribution in [0.25, 0.3) is 0 Å². The highest BCUT2D eigenvalue weighted by Crippen LogP contribution is 2.30. The summed E-state index contributed by atoms with van der Waals surface area (Å²) >= 11 is 0. The molecular weight excluding hydrogens is 539 g/mol. The largest absolute Gasteiger partial charge is 0.493 e. The van der Waals surface area contributed by atoms with E-state index in [0.717, 1.165) is 23.1 Å². The highest BCUT2D eigenvalue weighted by atomic mass is 32.2. The van der Waals surface area contributed by atoms with Crippen LogP contribution in [0.3, 0.4) is 0 Å². The second kappa shape index (κ2) is 11.8. The summed E-state index contributed by atoms with van der Waals surface area (Å²) in [5.41, 5.74) is 3.75. The van der Waals surface area contributed by atoms with Gasteiger partial charge in [0, 0.05) is 19.2 Å². The molecule has 0 aromatic heterocycles. The van der Waals surface area contributed by atoms with Gasteiger partial charge in [-0.1, -0.05) is 76.8 Å². The SMILES string of the molecule is CC(C)(C)c1ccc(CC(=O)N2Cc3ccc(S(=O)(=O)Nc4ccc(OCCC5CCCC5)cc4F)cc3C2)cc1. The Balaban J connectivity index is 1.19. The number of anilines is 1. The number of hydrogen-bond donors (Lipinski definition) is 1. The molecule has 1 aliphatic carbocycles. The standard InChI is InChI=1S/C33H39FN2O4S/c1-33(2,3)27-11-8-24(9-12-27)18-32(37)36-21-25-10-14-29(19-26(25)22-36)41(38,39)35-31-15-13-28(20-30(31)34)40-17-16-23-6-4-5-7-23/h8-15,19-20,23,35H,4-7,16-18,21-22H2,1-3H3. The Morgan fingerprint density at radius 2 is 1.68 bits per heavy atom. The van der Waals surface area contributed by atoms with Gasteiger partial charge in [0.1, 0.15) is 5.75 Å². The smallest absolute Gasteiger partial charge is 0.261 e. The van der Waals surface area contributed by atoms with Gasteiger partial charge in [-0.3, -0.25) is 9.52 Å². The zero-order chi connectivity index (χ0) is 29.2. The maximum Gasteiger partial charge on any atom is 0.261 e. The molecule has 41 heavy (non-hydrogen) atoms. The summed E-state index contributed by atoms with van der Waals surface area (Å²) in [6.45, 7) is 7.74. The molecule has 1 fully saturated rings. The van der Waals surface area contributed by atoms with Gasteiger partial charge >= 0.3 is 0 Å². The van der Waals surface area contributed by atoms with Crippen molar-refractivity contribution in [2.75, 3.05) is 11.3 Å². The van der Waals surface area contributed by atoms with Crippen LogP contribution >= 0.6 is 0 Å². The average Bonchev–Trinajstić information content (AvgIpc) is 3.60. The number of halogens is 1. The van der Waals surface area contributed by atoms with Gasteiger partial charge in [-0.25, -0.2) is 12.8 Å². The number of amides is 1. The fourth-order valence-electron chi connectivity index (χ4n) is 5.64. The Bertz CT molecular complexity index is 1510. The third-order valence-electron chi connectivity index (χ3n) is 8.19. The van der Waals surface area contributed by atoms with E-state index in [9.17, 15) is 17.6 Å². The molecule has 0 spiro atoms. The van der Waals surface area contributed by atoms with Gasteiger partial charge in [-0.05, 0) is 64.3 Å². The number of sulfonamides is 1. The van der Waals surface area contributed by atoms with E-state index in [0.29, 0.717) is 31.4 Å². The molecule has 218 valence electrons. The zero-order valence-electron chi connectivity index (χ0n) is 24.1. The van der Waals surface area contributed by atoms with Crippen LogP contribution in [0.1, 0.15) is 75.1 Å². The van der Waals surface area contributed by atoms with Gasteiger partial charge in [0.15, 0.2) is 5.82 Å². The zero-order valence-corrected chi connectivity index (χ0v) is 24.9. The Kier molecular flexibility index (Phi) is 8.41. The molecule has 6 nitrogen and oxygen atoms in total. The van der Waals surface area contributed by atoms with Crippen molar-refractivity contribution in [3.63, 3.8) is 0 Å². The van der Waals surface area contributed by atoms with Gasteiger partial charge in [0.05, 0.1) is 23.6 Å². The molecule has 3 aromatic rings. The molecule has 1 N–H and O–H groups in total. The number of fused-ring (bicyclic) bond motifs is 1. The van der Waals surface area contributed by atoms with Crippen LogP contribution in [0.4, 0.5) is 10.1 Å². The van der Waals surface area contributed by atoms with Crippen molar-refractivity contribution in [2.45, 2.75) is 82.7 Å². The van der Waals surface area contributed by atoms with Crippen LogP contribution in [-0.4, -0.2) is 25.8 Å². The quantitative estimate of drug-likeness (QED) is 0.298. The monoisotopic (exact) mass is 578 g/mol. The number of carbonyl (C=O) groups excluding carboxylic acids is 1. The first-order valence-electron chi connectivity index (χ1n) is 14.4. The topological polar surface area (TPSA) is 75.7 Å².